The highest BCUT2D eigenvalue weighted by Gasteiger charge is 2.05. The number of thioether (sulfide) groups is 1. The van der Waals surface area contributed by atoms with E-state index < -0.39 is 5.97 Å². The predicted molar refractivity (Wildman–Crippen MR) is 83.3 cm³/mol. The summed E-state index contributed by atoms with van der Waals surface area (Å²) in [5.74, 6) is 1.03. The van der Waals surface area contributed by atoms with Crippen molar-refractivity contribution in [3.8, 4) is 0 Å². The van der Waals surface area contributed by atoms with Gasteiger partial charge in [-0.2, -0.15) is 11.8 Å². The van der Waals surface area contributed by atoms with Gasteiger partial charge in [0.25, 0.3) is 0 Å². The quantitative estimate of drug-likeness (QED) is 0.325. The van der Waals surface area contributed by atoms with Gasteiger partial charge in [-0.05, 0) is 25.2 Å². The Bertz CT molecular complexity index is 351. The second-order valence-electron chi connectivity index (χ2n) is 4.07. The van der Waals surface area contributed by atoms with Crippen LogP contribution in [0.2, 0.25) is 0 Å². The molecule has 0 heterocycles. The molecule has 0 rings (SSSR count). The summed E-state index contributed by atoms with van der Waals surface area (Å²) in [6, 6.07) is 0.0527. The molecule has 5 heteroatoms. The predicted octanol–water partition coefficient (Wildman–Crippen LogP) is 2.15. The molecule has 0 aliphatic carbocycles. The van der Waals surface area contributed by atoms with Gasteiger partial charge in [-0.1, -0.05) is 25.7 Å². The number of carboxylic acids is 1. The van der Waals surface area contributed by atoms with Crippen molar-refractivity contribution in [1.82, 2.24) is 5.32 Å². The minimum Gasteiger partial charge on any atom is -0.478 e. The fourth-order valence-electron chi connectivity index (χ4n) is 1.30. The average molecular weight is 284 g/mol. The Hall–Kier alpha value is -1.20. The van der Waals surface area contributed by atoms with Gasteiger partial charge in [0.05, 0.1) is 5.57 Å². The molecule has 0 radical (unpaired) electrons. The summed E-state index contributed by atoms with van der Waals surface area (Å²) in [5, 5.41) is 12.1. The molecule has 19 heavy (non-hydrogen) atoms. The lowest BCUT2D eigenvalue weighted by Gasteiger charge is -2.14. The van der Waals surface area contributed by atoms with Crippen molar-refractivity contribution in [3.63, 3.8) is 0 Å². The van der Waals surface area contributed by atoms with Crippen LogP contribution in [0.25, 0.3) is 0 Å². The first-order valence-corrected chi connectivity index (χ1v) is 7.51. The van der Waals surface area contributed by atoms with Gasteiger partial charge in [0.15, 0.2) is 0 Å². The van der Waals surface area contributed by atoms with Crippen LogP contribution in [0.1, 0.15) is 20.3 Å². The van der Waals surface area contributed by atoms with Crippen molar-refractivity contribution in [1.29, 1.82) is 0 Å². The normalized spacial score (nSPS) is 14.1. The Morgan fingerprint density at radius 2 is 2.26 bits per heavy atom. The van der Waals surface area contributed by atoms with Crippen molar-refractivity contribution < 1.29 is 9.90 Å². The van der Waals surface area contributed by atoms with Crippen LogP contribution in [0.15, 0.2) is 36.1 Å². The third-order valence-corrected chi connectivity index (χ3v) is 3.70. The molecule has 0 fully saturated rings. The topological polar surface area (TPSA) is 75.3 Å². The maximum absolute atomic E-state index is 10.9. The van der Waals surface area contributed by atoms with E-state index in [-0.39, 0.29) is 11.6 Å². The highest BCUT2D eigenvalue weighted by Crippen LogP contribution is 2.05. The number of carbonyl (C=O) groups is 1. The minimum atomic E-state index is -0.987. The first kappa shape index (κ1) is 17.8. The molecule has 4 nitrogen and oxygen atoms in total. The van der Waals surface area contributed by atoms with E-state index in [9.17, 15) is 4.79 Å². The van der Waals surface area contributed by atoms with Gasteiger partial charge in [0.2, 0.25) is 0 Å². The second-order valence-corrected chi connectivity index (χ2v) is 5.22. The lowest BCUT2D eigenvalue weighted by molar-refractivity contribution is -0.132. The first-order valence-electron chi connectivity index (χ1n) is 6.36. The molecule has 0 bridgehead atoms. The Balaban J connectivity index is 4.28. The number of nitrogens with two attached hydrogens (primary N) is 1. The molecule has 0 aromatic heterocycles. The molecule has 0 aliphatic rings. The number of nitrogens with one attached hydrogen (secondary N) is 1. The van der Waals surface area contributed by atoms with Crippen LogP contribution < -0.4 is 11.1 Å². The zero-order chi connectivity index (χ0) is 14.7. The van der Waals surface area contributed by atoms with Crippen molar-refractivity contribution >= 4 is 17.7 Å². The third kappa shape index (κ3) is 8.51. The zero-order valence-corrected chi connectivity index (χ0v) is 12.5. The SMILES string of the molecule is C=C/C(=C\C(=C/C)NCC(N)CSCCC)C(=O)O. The van der Waals surface area contributed by atoms with Crippen molar-refractivity contribution in [2.24, 2.45) is 5.73 Å². The molecule has 1 atom stereocenters. The van der Waals surface area contributed by atoms with Crippen LogP contribution in [-0.2, 0) is 4.79 Å². The molecule has 0 aromatic carbocycles. The van der Waals surface area contributed by atoms with E-state index in [2.05, 4.69) is 18.8 Å². The Labute approximate surface area is 119 Å². The van der Waals surface area contributed by atoms with Gasteiger partial charge in [-0.25, -0.2) is 4.79 Å². The van der Waals surface area contributed by atoms with E-state index in [1.165, 1.54) is 6.08 Å². The lowest BCUT2D eigenvalue weighted by atomic mass is 10.2. The molecule has 0 aromatic rings. The monoisotopic (exact) mass is 284 g/mol. The Morgan fingerprint density at radius 1 is 1.58 bits per heavy atom. The van der Waals surface area contributed by atoms with E-state index in [4.69, 9.17) is 10.8 Å². The van der Waals surface area contributed by atoms with Crippen LogP contribution in [-0.4, -0.2) is 35.2 Å². The van der Waals surface area contributed by atoms with Crippen molar-refractivity contribution in [2.75, 3.05) is 18.1 Å². The molecule has 0 spiro atoms. The number of hydrogen-bond acceptors (Lipinski definition) is 4. The summed E-state index contributed by atoms with van der Waals surface area (Å²) in [7, 11) is 0. The molecule has 4 N–H and O–H groups in total. The molecular weight excluding hydrogens is 260 g/mol. The van der Waals surface area contributed by atoms with Crippen LogP contribution >= 0.6 is 11.8 Å². The number of allylic oxidation sites excluding steroid dienone is 2. The van der Waals surface area contributed by atoms with Crippen molar-refractivity contribution in [2.45, 2.75) is 26.3 Å². The van der Waals surface area contributed by atoms with Crippen LogP contribution in [0, 0.1) is 0 Å². The Morgan fingerprint density at radius 3 is 2.74 bits per heavy atom. The highest BCUT2D eigenvalue weighted by atomic mass is 32.2. The van der Waals surface area contributed by atoms with Gasteiger partial charge in [-0.3, -0.25) is 0 Å². The molecule has 1 unspecified atom stereocenters. The largest absolute Gasteiger partial charge is 0.478 e. The maximum atomic E-state index is 10.9. The van der Waals surface area contributed by atoms with E-state index >= 15 is 0 Å². The fraction of sp³-hybridized carbons (Fsp3) is 0.500. The first-order chi connectivity index (χ1) is 9.04. The number of hydrogen-bond donors (Lipinski definition) is 3. The third-order valence-electron chi connectivity index (χ3n) is 2.34. The summed E-state index contributed by atoms with van der Waals surface area (Å²) in [6.45, 7) is 8.09. The van der Waals surface area contributed by atoms with Gasteiger partial charge in [0, 0.05) is 24.0 Å². The molecule has 0 amide bonds. The van der Waals surface area contributed by atoms with E-state index in [0.29, 0.717) is 6.54 Å². The average Bonchev–Trinajstić information content (AvgIpc) is 2.39. The van der Waals surface area contributed by atoms with Gasteiger partial charge >= 0.3 is 5.97 Å². The van der Waals surface area contributed by atoms with Crippen LogP contribution in [0.3, 0.4) is 0 Å². The summed E-state index contributed by atoms with van der Waals surface area (Å²) >= 11 is 1.83. The van der Waals surface area contributed by atoms with Gasteiger partial charge in [-0.15, -0.1) is 0 Å². The number of rotatable bonds is 10. The van der Waals surface area contributed by atoms with Crippen LogP contribution in [0.4, 0.5) is 0 Å². The Kier molecular flexibility index (Phi) is 10.0. The molecule has 0 aliphatic heterocycles. The van der Waals surface area contributed by atoms with E-state index in [0.717, 1.165) is 23.6 Å². The number of carboxylic acid groups (broad SMARTS) is 1. The van der Waals surface area contributed by atoms with E-state index in [1.54, 1.807) is 6.08 Å². The summed E-state index contributed by atoms with van der Waals surface area (Å²) in [6.07, 6.45) is 5.85. The van der Waals surface area contributed by atoms with Crippen molar-refractivity contribution in [3.05, 3.63) is 36.1 Å². The van der Waals surface area contributed by atoms with Gasteiger partial charge in [0.1, 0.15) is 0 Å². The maximum Gasteiger partial charge on any atom is 0.335 e. The van der Waals surface area contributed by atoms with Gasteiger partial charge < -0.3 is 16.2 Å². The fourth-order valence-corrected chi connectivity index (χ4v) is 2.17. The molecule has 0 saturated carbocycles. The number of aliphatic carboxylic acids is 1. The van der Waals surface area contributed by atoms with E-state index in [1.807, 2.05) is 24.8 Å². The summed E-state index contributed by atoms with van der Waals surface area (Å²) < 4.78 is 0. The summed E-state index contributed by atoms with van der Waals surface area (Å²) in [4.78, 5) is 10.9. The van der Waals surface area contributed by atoms with Crippen LogP contribution in [0.5, 0.6) is 0 Å². The second kappa shape index (κ2) is 10.7. The smallest absolute Gasteiger partial charge is 0.335 e. The molecule has 108 valence electrons. The lowest BCUT2D eigenvalue weighted by Crippen LogP contribution is -2.35. The zero-order valence-electron chi connectivity index (χ0n) is 11.7. The standard InChI is InChI=1S/C14H24N2O2S/c1-4-7-19-10-12(15)9-16-13(6-3)8-11(5-2)14(17)18/h5-6,8,12,16H,2,4,7,9-10,15H2,1,3H3,(H,17,18)/b11-8+,13-6+. The summed E-state index contributed by atoms with van der Waals surface area (Å²) in [5.41, 5.74) is 6.88. The molecular formula is C14H24N2O2S. The minimum absolute atomic E-state index is 0.0527. The highest BCUT2D eigenvalue weighted by molar-refractivity contribution is 7.99. The molecule has 0 saturated heterocycles.